The molecule has 1 radical (unpaired) electrons. The highest BCUT2D eigenvalue weighted by molar-refractivity contribution is 5.87. The van der Waals surface area contributed by atoms with E-state index in [-0.39, 0.29) is 0 Å². The Morgan fingerprint density at radius 3 is 2.53 bits per heavy atom. The molecular formula is C17H21. The van der Waals surface area contributed by atoms with Crippen molar-refractivity contribution in [3.8, 4) is 0 Å². The van der Waals surface area contributed by atoms with Crippen molar-refractivity contribution >= 4 is 10.8 Å². The zero-order chi connectivity index (χ0) is 12.4. The fourth-order valence-corrected chi connectivity index (χ4v) is 2.75. The van der Waals surface area contributed by atoms with Crippen LogP contribution in [0.5, 0.6) is 0 Å². The first kappa shape index (κ1) is 12.2. The molecule has 1 unspecified atom stereocenters. The van der Waals surface area contributed by atoms with Crippen molar-refractivity contribution < 1.29 is 0 Å². The van der Waals surface area contributed by atoms with Crippen molar-refractivity contribution in [2.75, 3.05) is 0 Å². The Labute approximate surface area is 105 Å². The van der Waals surface area contributed by atoms with E-state index in [9.17, 15) is 0 Å². The second-order valence-electron chi connectivity index (χ2n) is 4.85. The maximum atomic E-state index is 3.55. The number of aryl methyl sites for hydroxylation is 2. The number of hydrogen-bond acceptors (Lipinski definition) is 0. The third-order valence-corrected chi connectivity index (χ3v) is 3.76. The molecule has 1 atom stereocenters. The highest BCUT2D eigenvalue weighted by Crippen LogP contribution is 2.32. The van der Waals surface area contributed by atoms with E-state index < -0.39 is 0 Å². The largest absolute Gasteiger partial charge is 0.0648 e. The Bertz CT molecular complexity index is 523. The van der Waals surface area contributed by atoms with Crippen LogP contribution in [0.25, 0.3) is 10.8 Å². The maximum Gasteiger partial charge on any atom is -0.00641 e. The molecule has 0 aliphatic heterocycles. The summed E-state index contributed by atoms with van der Waals surface area (Å²) in [6, 6.07) is 12.2. The summed E-state index contributed by atoms with van der Waals surface area (Å²) in [6.45, 7) is 9.04. The highest BCUT2D eigenvalue weighted by atomic mass is 14.2. The molecule has 2 aromatic carbocycles. The van der Waals surface area contributed by atoms with Gasteiger partial charge in [-0.15, -0.1) is 0 Å². The first-order chi connectivity index (χ1) is 8.19. The summed E-state index contributed by atoms with van der Waals surface area (Å²) < 4.78 is 0. The quantitative estimate of drug-likeness (QED) is 0.687. The Hall–Kier alpha value is -1.30. The van der Waals surface area contributed by atoms with Gasteiger partial charge in [-0.2, -0.15) is 0 Å². The summed E-state index contributed by atoms with van der Waals surface area (Å²) >= 11 is 0. The monoisotopic (exact) mass is 225 g/mol. The Morgan fingerprint density at radius 2 is 1.88 bits per heavy atom. The maximum absolute atomic E-state index is 3.55. The molecule has 0 aliphatic carbocycles. The highest BCUT2D eigenvalue weighted by Gasteiger charge is 2.14. The van der Waals surface area contributed by atoms with Gasteiger partial charge in [0.05, 0.1) is 0 Å². The molecular weight excluding hydrogens is 204 g/mol. The summed E-state index contributed by atoms with van der Waals surface area (Å²) in [6.07, 6.45) is 2.30. The molecule has 0 saturated heterocycles. The molecule has 0 heterocycles. The second-order valence-corrected chi connectivity index (χ2v) is 4.85. The minimum absolute atomic E-state index is 0.630. The average Bonchev–Trinajstić information content (AvgIpc) is 2.36. The molecule has 0 bridgehead atoms. The third kappa shape index (κ3) is 2.09. The summed E-state index contributed by atoms with van der Waals surface area (Å²) in [5.74, 6) is 0.630. The van der Waals surface area contributed by atoms with E-state index in [0.29, 0.717) is 5.92 Å². The molecule has 17 heavy (non-hydrogen) atoms. The average molecular weight is 225 g/mol. The SMILES string of the molecule is CCc1c(C(C)CC)c(C)[c]c2ccccc12. The number of hydrogen-bond donors (Lipinski definition) is 0. The predicted molar refractivity (Wildman–Crippen MR) is 75.6 cm³/mol. The van der Waals surface area contributed by atoms with Crippen LogP contribution in [0.4, 0.5) is 0 Å². The Morgan fingerprint density at radius 1 is 1.18 bits per heavy atom. The van der Waals surface area contributed by atoms with Crippen molar-refractivity contribution in [3.05, 3.63) is 47.0 Å². The lowest BCUT2D eigenvalue weighted by Crippen LogP contribution is -2.02. The van der Waals surface area contributed by atoms with Crippen LogP contribution in [0.2, 0.25) is 0 Å². The van der Waals surface area contributed by atoms with Crippen LogP contribution < -0.4 is 0 Å². The van der Waals surface area contributed by atoms with Gasteiger partial charge in [0.15, 0.2) is 0 Å². The molecule has 0 heteroatoms. The van der Waals surface area contributed by atoms with E-state index in [1.165, 1.54) is 33.9 Å². The van der Waals surface area contributed by atoms with E-state index in [1.807, 2.05) is 0 Å². The zero-order valence-electron chi connectivity index (χ0n) is 11.3. The van der Waals surface area contributed by atoms with Gasteiger partial charge >= 0.3 is 0 Å². The summed E-state index contributed by atoms with van der Waals surface area (Å²) in [7, 11) is 0. The van der Waals surface area contributed by atoms with Gasteiger partial charge < -0.3 is 0 Å². The minimum Gasteiger partial charge on any atom is -0.0648 e. The van der Waals surface area contributed by atoms with Crippen molar-refractivity contribution in [3.63, 3.8) is 0 Å². The molecule has 2 rings (SSSR count). The molecule has 0 fully saturated rings. The number of rotatable bonds is 3. The predicted octanol–water partition coefficient (Wildman–Crippen LogP) is 5.02. The van der Waals surface area contributed by atoms with E-state index in [0.717, 1.165) is 6.42 Å². The fraction of sp³-hybridized carbons (Fsp3) is 0.412. The van der Waals surface area contributed by atoms with Crippen LogP contribution in [0, 0.1) is 13.0 Å². The fourth-order valence-electron chi connectivity index (χ4n) is 2.75. The van der Waals surface area contributed by atoms with Gasteiger partial charge in [0, 0.05) is 0 Å². The summed E-state index contributed by atoms with van der Waals surface area (Å²) in [5.41, 5.74) is 4.37. The van der Waals surface area contributed by atoms with Crippen molar-refractivity contribution in [1.29, 1.82) is 0 Å². The molecule has 0 spiro atoms. The lowest BCUT2D eigenvalue weighted by Gasteiger charge is -2.19. The van der Waals surface area contributed by atoms with Crippen LogP contribution in [-0.4, -0.2) is 0 Å². The van der Waals surface area contributed by atoms with E-state index >= 15 is 0 Å². The van der Waals surface area contributed by atoms with Gasteiger partial charge in [0.2, 0.25) is 0 Å². The van der Waals surface area contributed by atoms with Gasteiger partial charge in [-0.25, -0.2) is 0 Å². The van der Waals surface area contributed by atoms with Crippen molar-refractivity contribution in [2.45, 2.75) is 46.5 Å². The molecule has 0 saturated carbocycles. The number of benzene rings is 2. The topological polar surface area (TPSA) is 0 Å². The zero-order valence-corrected chi connectivity index (χ0v) is 11.3. The van der Waals surface area contributed by atoms with Crippen molar-refractivity contribution in [2.24, 2.45) is 0 Å². The summed E-state index contributed by atoms with van der Waals surface area (Å²) in [4.78, 5) is 0. The van der Waals surface area contributed by atoms with Gasteiger partial charge in [0.25, 0.3) is 0 Å². The van der Waals surface area contributed by atoms with Gasteiger partial charge in [0.1, 0.15) is 0 Å². The Kier molecular flexibility index (Phi) is 3.51. The molecule has 0 nitrogen and oxygen atoms in total. The van der Waals surface area contributed by atoms with E-state index in [1.54, 1.807) is 0 Å². The lowest BCUT2D eigenvalue weighted by molar-refractivity contribution is 0.719. The van der Waals surface area contributed by atoms with Crippen molar-refractivity contribution in [1.82, 2.24) is 0 Å². The van der Waals surface area contributed by atoms with Crippen LogP contribution in [0.1, 0.15) is 49.8 Å². The second kappa shape index (κ2) is 4.91. The van der Waals surface area contributed by atoms with Gasteiger partial charge in [-0.1, -0.05) is 45.0 Å². The van der Waals surface area contributed by atoms with Crippen LogP contribution in [0.15, 0.2) is 24.3 Å². The number of fused-ring (bicyclic) bond motifs is 1. The van der Waals surface area contributed by atoms with Crippen LogP contribution in [0.3, 0.4) is 0 Å². The standard InChI is InChI=1S/C17H21/c1-5-12(3)17-13(4)11-14-9-7-8-10-16(14)15(17)6-2/h7-10,12H,5-6H2,1-4H3. The van der Waals surface area contributed by atoms with E-state index in [2.05, 4.69) is 58.0 Å². The first-order valence-electron chi connectivity index (χ1n) is 6.62. The first-order valence-corrected chi connectivity index (χ1v) is 6.62. The van der Waals surface area contributed by atoms with Crippen LogP contribution in [-0.2, 0) is 6.42 Å². The summed E-state index contributed by atoms with van der Waals surface area (Å²) in [5, 5.41) is 2.64. The molecule has 0 N–H and O–H groups in total. The van der Waals surface area contributed by atoms with Crippen LogP contribution >= 0.6 is 0 Å². The normalized spacial score (nSPS) is 12.9. The van der Waals surface area contributed by atoms with E-state index in [4.69, 9.17) is 0 Å². The minimum atomic E-state index is 0.630. The third-order valence-electron chi connectivity index (χ3n) is 3.76. The molecule has 89 valence electrons. The lowest BCUT2D eigenvalue weighted by atomic mass is 9.85. The van der Waals surface area contributed by atoms with Gasteiger partial charge in [-0.3, -0.25) is 0 Å². The molecule has 2 aromatic rings. The smallest absolute Gasteiger partial charge is 0.00641 e. The Balaban J connectivity index is 2.78. The molecule has 0 aromatic heterocycles. The molecule has 0 aliphatic rings. The van der Waals surface area contributed by atoms with Gasteiger partial charge in [-0.05, 0) is 59.2 Å². The molecule has 0 amide bonds.